The fraction of sp³-hybridized carbons (Fsp3) is 0.0909. The van der Waals surface area contributed by atoms with Gasteiger partial charge < -0.3 is 4.42 Å². The number of rotatable bonds is 5. The third kappa shape index (κ3) is 4.49. The quantitative estimate of drug-likeness (QED) is 0.434. The second kappa shape index (κ2) is 8.43. The molecule has 2 heterocycles. The van der Waals surface area contributed by atoms with Crippen molar-refractivity contribution in [2.75, 3.05) is 0 Å². The summed E-state index contributed by atoms with van der Waals surface area (Å²) in [5.41, 5.74) is 1.69. The molecule has 3 aromatic rings. The van der Waals surface area contributed by atoms with Crippen molar-refractivity contribution in [2.45, 2.75) is 17.9 Å². The van der Waals surface area contributed by atoms with Crippen LogP contribution < -0.4 is 5.14 Å². The van der Waals surface area contributed by atoms with Crippen LogP contribution in [0.15, 0.2) is 80.9 Å². The highest BCUT2D eigenvalue weighted by Crippen LogP contribution is 2.38. The first kappa shape index (κ1) is 21.5. The number of primary sulfonamides is 1. The van der Waals surface area contributed by atoms with E-state index in [9.17, 15) is 13.2 Å². The van der Waals surface area contributed by atoms with Crippen LogP contribution in [0.25, 0.3) is 17.4 Å². The lowest BCUT2D eigenvalue weighted by Gasteiger charge is -2.23. The number of sulfonamides is 1. The molecule has 1 aliphatic heterocycles. The minimum Gasteiger partial charge on any atom is -0.457 e. The summed E-state index contributed by atoms with van der Waals surface area (Å²) in [6, 6.07) is 19.1. The predicted octanol–water partition coefficient (Wildman–Crippen LogP) is 4.56. The molecule has 2 N–H and O–H groups in total. The lowest BCUT2D eigenvalue weighted by molar-refractivity contribution is -0.123. The zero-order valence-electron chi connectivity index (χ0n) is 16.4. The van der Waals surface area contributed by atoms with E-state index >= 15 is 0 Å². The average molecular weight is 471 g/mol. The van der Waals surface area contributed by atoms with Gasteiger partial charge in [-0.2, -0.15) is 0 Å². The molecule has 0 aliphatic carbocycles. The first-order valence-electron chi connectivity index (χ1n) is 9.29. The molecular formula is C22H18N2O4S3. The summed E-state index contributed by atoms with van der Waals surface area (Å²) in [6.45, 7) is 1.94. The van der Waals surface area contributed by atoms with Crippen molar-refractivity contribution >= 4 is 50.3 Å². The number of carbonyl (C=O) groups excluding carboxylic acids is 1. The molecule has 0 bridgehead atoms. The van der Waals surface area contributed by atoms with Crippen molar-refractivity contribution in [3.8, 4) is 11.3 Å². The zero-order valence-corrected chi connectivity index (χ0v) is 18.8. The molecule has 1 atom stereocenters. The lowest BCUT2D eigenvalue weighted by atomic mass is 10.1. The smallest absolute Gasteiger partial charge is 0.266 e. The van der Waals surface area contributed by atoms with Crippen molar-refractivity contribution in [2.24, 2.45) is 5.14 Å². The number of furan rings is 1. The van der Waals surface area contributed by atoms with Crippen LogP contribution in [0.2, 0.25) is 0 Å². The lowest BCUT2D eigenvalue weighted by Crippen LogP contribution is -2.30. The Kier molecular flexibility index (Phi) is 5.85. The van der Waals surface area contributed by atoms with Gasteiger partial charge >= 0.3 is 0 Å². The van der Waals surface area contributed by atoms with E-state index in [0.29, 0.717) is 26.3 Å². The number of hydrogen-bond acceptors (Lipinski definition) is 6. The van der Waals surface area contributed by atoms with E-state index in [1.807, 2.05) is 37.3 Å². The number of thioether (sulfide) groups is 1. The molecule has 1 fully saturated rings. The Labute approximate surface area is 189 Å². The Morgan fingerprint density at radius 3 is 2.39 bits per heavy atom. The summed E-state index contributed by atoms with van der Waals surface area (Å²) < 4.78 is 29.1. The van der Waals surface area contributed by atoms with E-state index in [2.05, 4.69) is 0 Å². The molecule has 6 nitrogen and oxygen atoms in total. The standard InChI is InChI=1S/C22H18N2O4S3/c1-14(15-5-3-2-4-6-15)24-21(25)20(30-22(24)29)13-17-9-12-19(28-17)16-7-10-18(11-8-16)31(23,26)27/h2-14H,1H3,(H2,23,26,27). The van der Waals surface area contributed by atoms with Gasteiger partial charge in [-0.25, -0.2) is 13.6 Å². The molecule has 0 saturated carbocycles. The van der Waals surface area contributed by atoms with E-state index in [0.717, 1.165) is 5.56 Å². The number of carbonyl (C=O) groups is 1. The summed E-state index contributed by atoms with van der Waals surface area (Å²) in [6.07, 6.45) is 1.67. The third-order valence-electron chi connectivity index (χ3n) is 4.86. The predicted molar refractivity (Wildman–Crippen MR) is 125 cm³/mol. The molecule has 4 rings (SSSR count). The number of hydrogen-bond donors (Lipinski definition) is 1. The summed E-state index contributed by atoms with van der Waals surface area (Å²) >= 11 is 6.69. The van der Waals surface area contributed by atoms with Crippen LogP contribution in [0.5, 0.6) is 0 Å². The van der Waals surface area contributed by atoms with Crippen molar-refractivity contribution in [3.05, 3.63) is 83.0 Å². The van der Waals surface area contributed by atoms with Crippen LogP contribution in [0.3, 0.4) is 0 Å². The van der Waals surface area contributed by atoms with Gasteiger partial charge in [-0.05, 0) is 48.9 Å². The van der Waals surface area contributed by atoms with Crippen LogP contribution in [0.4, 0.5) is 0 Å². The molecule has 9 heteroatoms. The van der Waals surface area contributed by atoms with Crippen molar-refractivity contribution in [1.82, 2.24) is 4.90 Å². The van der Waals surface area contributed by atoms with Gasteiger partial charge in [0.1, 0.15) is 15.8 Å². The number of thiocarbonyl (C=S) groups is 1. The van der Waals surface area contributed by atoms with E-state index in [1.165, 1.54) is 23.9 Å². The number of benzene rings is 2. The number of nitrogens with two attached hydrogens (primary N) is 1. The molecule has 2 aromatic carbocycles. The summed E-state index contributed by atoms with van der Waals surface area (Å²) in [7, 11) is -3.75. The Bertz CT molecular complexity index is 1280. The molecule has 1 aromatic heterocycles. The van der Waals surface area contributed by atoms with Crippen LogP contribution in [-0.2, 0) is 14.8 Å². The monoisotopic (exact) mass is 470 g/mol. The molecule has 1 unspecified atom stereocenters. The van der Waals surface area contributed by atoms with Crippen molar-refractivity contribution in [1.29, 1.82) is 0 Å². The van der Waals surface area contributed by atoms with Gasteiger partial charge in [0, 0.05) is 11.6 Å². The highest BCUT2D eigenvalue weighted by atomic mass is 32.2. The maximum absolute atomic E-state index is 13.0. The van der Waals surface area contributed by atoms with E-state index in [-0.39, 0.29) is 16.8 Å². The van der Waals surface area contributed by atoms with Gasteiger partial charge in [0.05, 0.1) is 15.8 Å². The van der Waals surface area contributed by atoms with Crippen LogP contribution in [0, 0.1) is 0 Å². The van der Waals surface area contributed by atoms with Gasteiger partial charge in [-0.3, -0.25) is 9.69 Å². The molecule has 0 radical (unpaired) electrons. The van der Waals surface area contributed by atoms with Gasteiger partial charge in [0.25, 0.3) is 5.91 Å². The minimum absolute atomic E-state index is 0.0271. The average Bonchev–Trinajstić information content (AvgIpc) is 3.32. The van der Waals surface area contributed by atoms with Crippen molar-refractivity contribution < 1.29 is 17.6 Å². The highest BCUT2D eigenvalue weighted by molar-refractivity contribution is 8.26. The Morgan fingerprint density at radius 1 is 1.06 bits per heavy atom. The summed E-state index contributed by atoms with van der Waals surface area (Å²) in [5, 5.41) is 5.13. The maximum Gasteiger partial charge on any atom is 0.266 e. The number of amides is 1. The normalized spacial score (nSPS) is 16.8. The molecule has 1 saturated heterocycles. The molecular weight excluding hydrogens is 452 g/mol. The van der Waals surface area contributed by atoms with Crippen LogP contribution >= 0.6 is 24.0 Å². The molecule has 158 valence electrons. The van der Waals surface area contributed by atoms with E-state index in [1.54, 1.807) is 35.2 Å². The Balaban J connectivity index is 1.55. The van der Waals surface area contributed by atoms with E-state index in [4.69, 9.17) is 21.8 Å². The Morgan fingerprint density at radius 2 is 1.74 bits per heavy atom. The second-order valence-electron chi connectivity index (χ2n) is 6.91. The molecule has 1 amide bonds. The fourth-order valence-electron chi connectivity index (χ4n) is 3.22. The topological polar surface area (TPSA) is 93.6 Å². The second-order valence-corrected chi connectivity index (χ2v) is 10.1. The van der Waals surface area contributed by atoms with E-state index < -0.39 is 10.0 Å². The first-order chi connectivity index (χ1) is 14.7. The molecule has 0 spiro atoms. The third-order valence-corrected chi connectivity index (χ3v) is 7.12. The van der Waals surface area contributed by atoms with Crippen molar-refractivity contribution in [3.63, 3.8) is 0 Å². The largest absolute Gasteiger partial charge is 0.457 e. The fourth-order valence-corrected chi connectivity index (χ4v) is 5.13. The summed E-state index contributed by atoms with van der Waals surface area (Å²) in [4.78, 5) is 15.1. The zero-order chi connectivity index (χ0) is 22.2. The van der Waals surface area contributed by atoms with Gasteiger partial charge in [-0.1, -0.05) is 54.3 Å². The summed E-state index contributed by atoms with van der Waals surface area (Å²) in [5.74, 6) is 0.876. The van der Waals surface area contributed by atoms with Gasteiger partial charge in [-0.15, -0.1) is 0 Å². The van der Waals surface area contributed by atoms with Gasteiger partial charge in [0.15, 0.2) is 0 Å². The maximum atomic E-state index is 13.0. The molecule has 31 heavy (non-hydrogen) atoms. The highest BCUT2D eigenvalue weighted by Gasteiger charge is 2.36. The van der Waals surface area contributed by atoms with Crippen LogP contribution in [-0.4, -0.2) is 23.5 Å². The van der Waals surface area contributed by atoms with Crippen LogP contribution in [0.1, 0.15) is 24.3 Å². The van der Waals surface area contributed by atoms with Gasteiger partial charge in [0.2, 0.25) is 10.0 Å². The minimum atomic E-state index is -3.75. The first-order valence-corrected chi connectivity index (χ1v) is 12.1. The molecule has 1 aliphatic rings. The Hall–Kier alpha value is -2.72. The number of nitrogens with zero attached hydrogens (tertiary/aromatic N) is 1. The SMILES string of the molecule is CC(c1ccccc1)N1C(=O)C(=Cc2ccc(-c3ccc(S(N)(=O)=O)cc3)o2)SC1=S.